The van der Waals surface area contributed by atoms with Crippen LogP contribution < -0.4 is 10.5 Å². The molecule has 0 saturated heterocycles. The number of hydrogen-bond acceptors (Lipinski definition) is 4. The Kier molecular flexibility index (Phi) is 4.06. The summed E-state index contributed by atoms with van der Waals surface area (Å²) in [6, 6.07) is 0.608. The minimum absolute atomic E-state index is 0.608. The zero-order valence-electron chi connectivity index (χ0n) is 8.89. The van der Waals surface area contributed by atoms with E-state index in [2.05, 4.69) is 14.7 Å². The molecule has 1 aromatic rings. The minimum atomic E-state index is -4.97. The number of rotatable bonds is 4. The first-order chi connectivity index (χ1) is 8.52. The fourth-order valence-electron chi connectivity index (χ4n) is 0.877. The van der Waals surface area contributed by atoms with E-state index in [1.807, 2.05) is 0 Å². The molecular formula is C8H6F7N3O. The molecule has 1 aromatic heterocycles. The topological polar surface area (TPSA) is 61.0 Å². The highest BCUT2D eigenvalue weighted by Gasteiger charge is 2.42. The van der Waals surface area contributed by atoms with Crippen molar-refractivity contribution < 1.29 is 35.5 Å². The summed E-state index contributed by atoms with van der Waals surface area (Å²) in [4.78, 5) is 5.56. The second-order valence-corrected chi connectivity index (χ2v) is 3.30. The monoisotopic (exact) mass is 293 g/mol. The third kappa shape index (κ3) is 4.10. The van der Waals surface area contributed by atoms with Crippen molar-refractivity contribution in [2.45, 2.75) is 18.5 Å². The van der Waals surface area contributed by atoms with Gasteiger partial charge in [-0.15, -0.1) is 0 Å². The number of nitrogens with zero attached hydrogens (tertiary/aromatic N) is 2. The van der Waals surface area contributed by atoms with Gasteiger partial charge in [-0.25, -0.2) is 13.8 Å². The molecule has 1 heterocycles. The molecule has 0 atom stereocenters. The minimum Gasteiger partial charge on any atom is -0.471 e. The van der Waals surface area contributed by atoms with Crippen molar-refractivity contribution in [1.29, 1.82) is 0 Å². The van der Waals surface area contributed by atoms with Crippen molar-refractivity contribution in [2.24, 2.45) is 0 Å². The molecule has 4 nitrogen and oxygen atoms in total. The van der Waals surface area contributed by atoms with E-state index in [9.17, 15) is 30.7 Å². The van der Waals surface area contributed by atoms with Gasteiger partial charge in [0.25, 0.3) is 0 Å². The SMILES string of the molecule is Nc1cc(OCC(F)(F)C(F)F)nc(C(F)(F)F)n1. The molecule has 0 aromatic carbocycles. The first kappa shape index (κ1) is 15.2. The molecular weight excluding hydrogens is 287 g/mol. The second kappa shape index (κ2) is 5.05. The fourth-order valence-corrected chi connectivity index (χ4v) is 0.877. The normalized spacial score (nSPS) is 12.8. The quantitative estimate of drug-likeness (QED) is 0.866. The van der Waals surface area contributed by atoms with Gasteiger partial charge >= 0.3 is 18.5 Å². The molecule has 108 valence electrons. The van der Waals surface area contributed by atoms with Gasteiger partial charge in [0.1, 0.15) is 5.82 Å². The van der Waals surface area contributed by atoms with Gasteiger partial charge in [0.15, 0.2) is 6.61 Å². The van der Waals surface area contributed by atoms with Gasteiger partial charge in [0.2, 0.25) is 11.7 Å². The molecule has 0 bridgehead atoms. The van der Waals surface area contributed by atoms with Crippen LogP contribution in [-0.2, 0) is 6.18 Å². The van der Waals surface area contributed by atoms with Crippen LogP contribution in [0.5, 0.6) is 5.88 Å². The molecule has 0 amide bonds. The lowest BCUT2D eigenvalue weighted by Crippen LogP contribution is -2.34. The summed E-state index contributed by atoms with van der Waals surface area (Å²) in [5, 5.41) is 0. The maximum atomic E-state index is 12.5. The summed E-state index contributed by atoms with van der Waals surface area (Å²) in [7, 11) is 0. The maximum Gasteiger partial charge on any atom is 0.451 e. The molecule has 11 heteroatoms. The van der Waals surface area contributed by atoms with E-state index in [4.69, 9.17) is 5.73 Å². The molecule has 2 N–H and O–H groups in total. The van der Waals surface area contributed by atoms with E-state index < -0.39 is 42.7 Å². The van der Waals surface area contributed by atoms with Gasteiger partial charge < -0.3 is 10.5 Å². The predicted molar refractivity (Wildman–Crippen MR) is 47.9 cm³/mol. The summed E-state index contributed by atoms with van der Waals surface area (Å²) in [6.07, 6.45) is -8.99. The van der Waals surface area contributed by atoms with Gasteiger partial charge in [-0.2, -0.15) is 26.9 Å². The number of aromatic nitrogens is 2. The highest BCUT2D eigenvalue weighted by atomic mass is 19.4. The summed E-state index contributed by atoms with van der Waals surface area (Å²) in [5.74, 6) is -7.90. The zero-order chi connectivity index (χ0) is 14.8. The lowest BCUT2D eigenvalue weighted by atomic mass is 10.4. The zero-order valence-corrected chi connectivity index (χ0v) is 8.89. The Labute approximate surface area is 101 Å². The molecule has 0 fully saturated rings. The van der Waals surface area contributed by atoms with Crippen molar-refractivity contribution >= 4 is 5.82 Å². The van der Waals surface area contributed by atoms with E-state index in [0.29, 0.717) is 6.07 Å². The van der Waals surface area contributed by atoms with Crippen LogP contribution in [0.4, 0.5) is 36.6 Å². The van der Waals surface area contributed by atoms with Crippen molar-refractivity contribution in [2.75, 3.05) is 12.3 Å². The summed E-state index contributed by atoms with van der Waals surface area (Å²) < 4.78 is 89.4. The third-order valence-electron chi connectivity index (χ3n) is 1.71. The lowest BCUT2D eigenvalue weighted by Gasteiger charge is -2.16. The van der Waals surface area contributed by atoms with Crippen molar-refractivity contribution in [3.63, 3.8) is 0 Å². The molecule has 1 rings (SSSR count). The average Bonchev–Trinajstić information content (AvgIpc) is 2.24. The van der Waals surface area contributed by atoms with Crippen LogP contribution >= 0.6 is 0 Å². The van der Waals surface area contributed by atoms with Crippen LogP contribution in [0.1, 0.15) is 5.82 Å². The lowest BCUT2D eigenvalue weighted by molar-refractivity contribution is -0.151. The second-order valence-electron chi connectivity index (χ2n) is 3.30. The van der Waals surface area contributed by atoms with Crippen LogP contribution in [0.3, 0.4) is 0 Å². The van der Waals surface area contributed by atoms with E-state index in [1.54, 1.807) is 0 Å². The van der Waals surface area contributed by atoms with Crippen LogP contribution in [0, 0.1) is 0 Å². The fraction of sp³-hybridized carbons (Fsp3) is 0.500. The first-order valence-electron chi connectivity index (χ1n) is 4.53. The Morgan fingerprint density at radius 2 is 1.74 bits per heavy atom. The highest BCUT2D eigenvalue weighted by molar-refractivity contribution is 5.33. The van der Waals surface area contributed by atoms with Gasteiger partial charge in [-0.3, -0.25) is 0 Å². The van der Waals surface area contributed by atoms with E-state index in [1.165, 1.54) is 0 Å². The molecule has 0 saturated carbocycles. The van der Waals surface area contributed by atoms with E-state index in [0.717, 1.165) is 0 Å². The molecule has 19 heavy (non-hydrogen) atoms. The number of ether oxygens (including phenoxy) is 1. The Hall–Kier alpha value is -1.81. The van der Waals surface area contributed by atoms with Gasteiger partial charge in [-0.05, 0) is 0 Å². The van der Waals surface area contributed by atoms with Gasteiger partial charge in [0.05, 0.1) is 0 Å². The summed E-state index contributed by atoms with van der Waals surface area (Å²) in [5.41, 5.74) is 4.99. The largest absolute Gasteiger partial charge is 0.471 e. The molecule has 0 aliphatic heterocycles. The van der Waals surface area contributed by atoms with Crippen LogP contribution in [0.2, 0.25) is 0 Å². The van der Waals surface area contributed by atoms with Crippen molar-refractivity contribution in [1.82, 2.24) is 9.97 Å². The van der Waals surface area contributed by atoms with Crippen molar-refractivity contribution in [3.05, 3.63) is 11.9 Å². The molecule has 0 unspecified atom stereocenters. The molecule has 0 radical (unpaired) electrons. The van der Waals surface area contributed by atoms with Crippen LogP contribution in [0.15, 0.2) is 6.07 Å². The Bertz CT molecular complexity index is 448. The highest BCUT2D eigenvalue weighted by Crippen LogP contribution is 2.29. The van der Waals surface area contributed by atoms with Crippen LogP contribution in [-0.4, -0.2) is 28.9 Å². The number of nitrogen functional groups attached to an aromatic ring is 1. The van der Waals surface area contributed by atoms with E-state index >= 15 is 0 Å². The van der Waals surface area contributed by atoms with E-state index in [-0.39, 0.29) is 0 Å². The number of nitrogens with two attached hydrogens (primary N) is 1. The average molecular weight is 293 g/mol. The van der Waals surface area contributed by atoms with Gasteiger partial charge in [-0.1, -0.05) is 0 Å². The third-order valence-corrected chi connectivity index (χ3v) is 1.71. The molecule has 0 aliphatic carbocycles. The first-order valence-corrected chi connectivity index (χ1v) is 4.53. The standard InChI is InChI=1S/C8H6F7N3O/c9-5(10)7(11,12)2-19-4-1-3(16)17-6(18-4)8(13,14)15/h1,5H,2H2,(H2,16,17,18). The number of anilines is 1. The molecule has 0 spiro atoms. The summed E-state index contributed by atoms with van der Waals surface area (Å²) in [6.45, 7) is -1.83. The van der Waals surface area contributed by atoms with Crippen LogP contribution in [0.25, 0.3) is 0 Å². The van der Waals surface area contributed by atoms with Gasteiger partial charge in [0, 0.05) is 6.07 Å². The Morgan fingerprint density at radius 1 is 1.16 bits per heavy atom. The Morgan fingerprint density at radius 3 is 2.21 bits per heavy atom. The Balaban J connectivity index is 2.88. The smallest absolute Gasteiger partial charge is 0.451 e. The predicted octanol–water partition coefficient (Wildman–Crippen LogP) is 2.36. The number of hydrogen-bond donors (Lipinski definition) is 1. The number of halogens is 7. The number of alkyl halides is 7. The molecule has 0 aliphatic rings. The summed E-state index contributed by atoms with van der Waals surface area (Å²) >= 11 is 0. The maximum absolute atomic E-state index is 12.5. The van der Waals surface area contributed by atoms with Crippen molar-refractivity contribution in [3.8, 4) is 5.88 Å².